The zero-order chi connectivity index (χ0) is 14.8. The molecule has 2 N–H and O–H groups in total. The number of nitrogens with one attached hydrogen (secondary N) is 2. The van der Waals surface area contributed by atoms with Crippen LogP contribution in [0, 0.1) is 20.8 Å². The maximum absolute atomic E-state index is 4.72. The number of thiazole rings is 1. The van der Waals surface area contributed by atoms with Gasteiger partial charge in [-0.15, -0.1) is 11.3 Å². The first kappa shape index (κ1) is 14.5. The van der Waals surface area contributed by atoms with Gasteiger partial charge in [0, 0.05) is 34.4 Å². The second-order valence-electron chi connectivity index (χ2n) is 5.75. The normalized spacial score (nSPS) is 18.7. The van der Waals surface area contributed by atoms with Gasteiger partial charge in [0.2, 0.25) is 0 Å². The first-order valence-electron chi connectivity index (χ1n) is 7.52. The molecule has 4 nitrogen and oxygen atoms in total. The van der Waals surface area contributed by atoms with Crippen LogP contribution < -0.4 is 10.6 Å². The van der Waals surface area contributed by atoms with E-state index in [1.807, 2.05) is 6.92 Å². The minimum atomic E-state index is 0.527. The monoisotopic (exact) mass is 302 g/mol. The zero-order valence-electron chi connectivity index (χ0n) is 12.9. The highest BCUT2D eigenvalue weighted by atomic mass is 32.1. The van der Waals surface area contributed by atoms with Gasteiger partial charge >= 0.3 is 0 Å². The van der Waals surface area contributed by atoms with Gasteiger partial charge in [-0.1, -0.05) is 0 Å². The van der Waals surface area contributed by atoms with Crippen molar-refractivity contribution in [1.29, 1.82) is 0 Å². The summed E-state index contributed by atoms with van der Waals surface area (Å²) in [4.78, 5) is 10.5. The predicted octanol–water partition coefficient (Wildman–Crippen LogP) is 3.67. The molecule has 1 atom stereocenters. The van der Waals surface area contributed by atoms with Crippen molar-refractivity contribution in [3.05, 3.63) is 34.1 Å². The van der Waals surface area contributed by atoms with Crippen LogP contribution >= 0.6 is 11.3 Å². The minimum Gasteiger partial charge on any atom is -0.331 e. The first-order chi connectivity index (χ1) is 10.1. The average molecular weight is 302 g/mol. The van der Waals surface area contributed by atoms with Crippen LogP contribution in [0.3, 0.4) is 0 Å². The van der Waals surface area contributed by atoms with E-state index in [4.69, 9.17) is 4.98 Å². The number of piperidine rings is 1. The largest absolute Gasteiger partial charge is 0.331 e. The van der Waals surface area contributed by atoms with Crippen molar-refractivity contribution >= 4 is 22.2 Å². The summed E-state index contributed by atoms with van der Waals surface area (Å²) >= 11 is 1.70. The van der Waals surface area contributed by atoms with Crippen LogP contribution in [0.2, 0.25) is 0 Å². The van der Waals surface area contributed by atoms with Crippen LogP contribution in [0.15, 0.2) is 12.1 Å². The fraction of sp³-hybridized carbons (Fsp3) is 0.500. The second kappa shape index (κ2) is 6.12. The Labute approximate surface area is 130 Å². The van der Waals surface area contributed by atoms with Crippen LogP contribution in [-0.4, -0.2) is 23.1 Å². The van der Waals surface area contributed by atoms with Crippen LogP contribution in [-0.2, 0) is 0 Å². The molecule has 112 valence electrons. The standard InChI is InChI=1S/C16H22N4S/c1-10-7-14(20-16-19-11(2)12(3)21-16)8-15(18-10)13-5-4-6-17-9-13/h7-8,13,17H,4-6,9H2,1-3H3,(H,18,19,20). The molecule has 1 unspecified atom stereocenters. The molecule has 2 aromatic rings. The lowest BCUT2D eigenvalue weighted by molar-refractivity contribution is 0.454. The number of hydrogen-bond donors (Lipinski definition) is 2. The number of hydrogen-bond acceptors (Lipinski definition) is 5. The summed E-state index contributed by atoms with van der Waals surface area (Å²) in [6, 6.07) is 4.27. The molecule has 0 amide bonds. The van der Waals surface area contributed by atoms with E-state index >= 15 is 0 Å². The summed E-state index contributed by atoms with van der Waals surface area (Å²) in [6.07, 6.45) is 2.45. The Morgan fingerprint density at radius 2 is 2.10 bits per heavy atom. The highest BCUT2D eigenvalue weighted by molar-refractivity contribution is 7.15. The Morgan fingerprint density at radius 1 is 1.24 bits per heavy atom. The van der Waals surface area contributed by atoms with Gasteiger partial charge in [0.05, 0.1) is 5.69 Å². The Bertz CT molecular complexity index is 610. The smallest absolute Gasteiger partial charge is 0.187 e. The maximum atomic E-state index is 4.72. The molecule has 3 heterocycles. The van der Waals surface area contributed by atoms with E-state index in [1.54, 1.807) is 11.3 Å². The molecule has 0 saturated carbocycles. The van der Waals surface area contributed by atoms with Gasteiger partial charge in [-0.05, 0) is 52.3 Å². The zero-order valence-corrected chi connectivity index (χ0v) is 13.7. The van der Waals surface area contributed by atoms with Crippen LogP contribution in [0.4, 0.5) is 10.8 Å². The van der Waals surface area contributed by atoms with Crippen molar-refractivity contribution in [3.8, 4) is 0 Å². The highest BCUT2D eigenvalue weighted by Crippen LogP contribution is 2.28. The Morgan fingerprint density at radius 3 is 2.76 bits per heavy atom. The summed E-state index contributed by atoms with van der Waals surface area (Å²) in [6.45, 7) is 8.38. The van der Waals surface area contributed by atoms with E-state index in [-0.39, 0.29) is 0 Å². The average Bonchev–Trinajstić information content (AvgIpc) is 2.77. The molecular weight excluding hydrogens is 280 g/mol. The molecule has 5 heteroatoms. The summed E-state index contributed by atoms with van der Waals surface area (Å²) < 4.78 is 0. The van der Waals surface area contributed by atoms with Gasteiger partial charge in [-0.25, -0.2) is 4.98 Å². The fourth-order valence-corrected chi connectivity index (χ4v) is 3.56. The topological polar surface area (TPSA) is 49.8 Å². The minimum absolute atomic E-state index is 0.527. The molecule has 21 heavy (non-hydrogen) atoms. The molecule has 0 spiro atoms. The van der Waals surface area contributed by atoms with E-state index < -0.39 is 0 Å². The molecule has 1 aliphatic heterocycles. The molecule has 1 saturated heterocycles. The number of aryl methyl sites for hydroxylation is 3. The molecule has 3 rings (SSSR count). The van der Waals surface area contributed by atoms with E-state index in [2.05, 4.69) is 41.6 Å². The van der Waals surface area contributed by atoms with E-state index in [9.17, 15) is 0 Å². The molecule has 0 aliphatic carbocycles. The fourth-order valence-electron chi connectivity index (χ4n) is 2.73. The van der Waals surface area contributed by atoms with Gasteiger partial charge in [0.25, 0.3) is 0 Å². The van der Waals surface area contributed by atoms with Crippen molar-refractivity contribution in [2.75, 3.05) is 18.4 Å². The Balaban J connectivity index is 1.83. The van der Waals surface area contributed by atoms with Crippen LogP contribution in [0.25, 0.3) is 0 Å². The molecule has 0 bridgehead atoms. The third kappa shape index (κ3) is 3.41. The van der Waals surface area contributed by atoms with Crippen LogP contribution in [0.1, 0.15) is 40.7 Å². The molecule has 2 aromatic heterocycles. The van der Waals surface area contributed by atoms with Gasteiger partial charge in [-0.2, -0.15) is 0 Å². The lowest BCUT2D eigenvalue weighted by Crippen LogP contribution is -2.28. The number of anilines is 2. The van der Waals surface area contributed by atoms with Crippen molar-refractivity contribution in [1.82, 2.24) is 15.3 Å². The third-order valence-corrected chi connectivity index (χ3v) is 4.96. The van der Waals surface area contributed by atoms with Crippen molar-refractivity contribution in [3.63, 3.8) is 0 Å². The van der Waals surface area contributed by atoms with Gasteiger partial charge in [0.15, 0.2) is 5.13 Å². The highest BCUT2D eigenvalue weighted by Gasteiger charge is 2.17. The van der Waals surface area contributed by atoms with Gasteiger partial charge < -0.3 is 10.6 Å². The molecule has 1 aliphatic rings. The number of nitrogens with zero attached hydrogens (tertiary/aromatic N) is 2. The second-order valence-corrected chi connectivity index (χ2v) is 6.95. The summed E-state index contributed by atoms with van der Waals surface area (Å²) in [7, 11) is 0. The Hall–Kier alpha value is -1.46. The number of rotatable bonds is 3. The van der Waals surface area contributed by atoms with Gasteiger partial charge in [0.1, 0.15) is 0 Å². The maximum Gasteiger partial charge on any atom is 0.187 e. The SMILES string of the molecule is Cc1cc(Nc2nc(C)c(C)s2)cc(C2CCCNC2)n1. The lowest BCUT2D eigenvalue weighted by atomic mass is 9.95. The van der Waals surface area contributed by atoms with Gasteiger partial charge in [-0.3, -0.25) is 4.98 Å². The lowest BCUT2D eigenvalue weighted by Gasteiger charge is -2.23. The van der Waals surface area contributed by atoms with E-state index in [0.29, 0.717) is 5.92 Å². The molecule has 0 radical (unpaired) electrons. The third-order valence-electron chi connectivity index (χ3n) is 3.97. The van der Waals surface area contributed by atoms with E-state index in [0.717, 1.165) is 35.3 Å². The van der Waals surface area contributed by atoms with E-state index in [1.165, 1.54) is 23.4 Å². The quantitative estimate of drug-likeness (QED) is 0.908. The predicted molar refractivity (Wildman–Crippen MR) is 88.7 cm³/mol. The summed E-state index contributed by atoms with van der Waals surface area (Å²) in [5.41, 5.74) is 4.45. The van der Waals surface area contributed by atoms with Crippen LogP contribution in [0.5, 0.6) is 0 Å². The van der Waals surface area contributed by atoms with Crippen molar-refractivity contribution in [2.24, 2.45) is 0 Å². The molecule has 0 aromatic carbocycles. The molecule has 1 fully saturated rings. The summed E-state index contributed by atoms with van der Waals surface area (Å²) in [5, 5.41) is 7.86. The number of aromatic nitrogens is 2. The Kier molecular flexibility index (Phi) is 4.22. The van der Waals surface area contributed by atoms with Crippen molar-refractivity contribution in [2.45, 2.75) is 39.5 Å². The van der Waals surface area contributed by atoms with Crippen molar-refractivity contribution < 1.29 is 0 Å². The molecular formula is C16H22N4S. The number of pyridine rings is 1. The first-order valence-corrected chi connectivity index (χ1v) is 8.34. The summed E-state index contributed by atoms with van der Waals surface area (Å²) in [5.74, 6) is 0.527.